The third kappa shape index (κ3) is 4.48. The predicted octanol–water partition coefficient (Wildman–Crippen LogP) is 3.06. The number of carbonyl (C=O) groups excluding carboxylic acids is 1. The average Bonchev–Trinajstić information content (AvgIpc) is 2.54. The van der Waals surface area contributed by atoms with Gasteiger partial charge in [-0.1, -0.05) is 0 Å². The number of hydrogen-bond acceptors (Lipinski definition) is 5. The van der Waals surface area contributed by atoms with E-state index >= 15 is 0 Å². The Hall–Kier alpha value is -2.54. The molecule has 0 radical (unpaired) electrons. The number of benzene rings is 2. The maximum Gasteiger partial charge on any atom is 0.337 e. The van der Waals surface area contributed by atoms with Crippen LogP contribution in [0.15, 0.2) is 53.4 Å². The second-order valence-electron chi connectivity index (χ2n) is 5.31. The van der Waals surface area contributed by atoms with Gasteiger partial charge in [0.2, 0.25) is 0 Å². The number of nitrogens with one attached hydrogen (secondary N) is 1. The average molecular weight is 349 g/mol. The smallest absolute Gasteiger partial charge is 0.337 e. The van der Waals surface area contributed by atoms with Crippen molar-refractivity contribution in [3.63, 3.8) is 0 Å². The lowest BCUT2D eigenvalue weighted by Gasteiger charge is -2.11. The van der Waals surface area contributed by atoms with Crippen LogP contribution < -0.4 is 9.46 Å². The Morgan fingerprint density at radius 1 is 1.00 bits per heavy atom. The topological polar surface area (TPSA) is 81.7 Å². The summed E-state index contributed by atoms with van der Waals surface area (Å²) in [6, 6.07) is 12.1. The van der Waals surface area contributed by atoms with Gasteiger partial charge < -0.3 is 9.47 Å². The van der Waals surface area contributed by atoms with E-state index < -0.39 is 16.0 Å². The van der Waals surface area contributed by atoms with E-state index in [9.17, 15) is 13.2 Å². The number of sulfonamides is 1. The zero-order valence-electron chi connectivity index (χ0n) is 13.6. The molecule has 0 aromatic heterocycles. The number of methoxy groups -OCH3 is 1. The SMILES string of the molecule is COC(=O)c1ccc(NS(=O)(=O)c2ccc(OC(C)C)cc2)cc1. The van der Waals surface area contributed by atoms with Crippen molar-refractivity contribution < 1.29 is 22.7 Å². The summed E-state index contributed by atoms with van der Waals surface area (Å²) in [7, 11) is -2.44. The summed E-state index contributed by atoms with van der Waals surface area (Å²) >= 11 is 0. The number of esters is 1. The van der Waals surface area contributed by atoms with Gasteiger partial charge in [-0.15, -0.1) is 0 Å². The maximum absolute atomic E-state index is 12.4. The molecule has 7 heteroatoms. The van der Waals surface area contributed by atoms with Crippen LogP contribution in [-0.2, 0) is 14.8 Å². The van der Waals surface area contributed by atoms with Crippen LogP contribution in [0, 0.1) is 0 Å². The first-order chi connectivity index (χ1) is 11.3. The highest BCUT2D eigenvalue weighted by molar-refractivity contribution is 7.92. The van der Waals surface area contributed by atoms with Crippen LogP contribution in [0.1, 0.15) is 24.2 Å². The first-order valence-electron chi connectivity index (χ1n) is 7.30. The lowest BCUT2D eigenvalue weighted by Crippen LogP contribution is -2.13. The zero-order chi connectivity index (χ0) is 17.7. The molecule has 24 heavy (non-hydrogen) atoms. The summed E-state index contributed by atoms with van der Waals surface area (Å²) in [6.07, 6.45) is 0.0129. The molecule has 0 aliphatic heterocycles. The van der Waals surface area contributed by atoms with Crippen LogP contribution in [0.2, 0.25) is 0 Å². The van der Waals surface area contributed by atoms with E-state index in [0.29, 0.717) is 17.0 Å². The van der Waals surface area contributed by atoms with Gasteiger partial charge >= 0.3 is 5.97 Å². The van der Waals surface area contributed by atoms with Crippen molar-refractivity contribution in [3.05, 3.63) is 54.1 Å². The van der Waals surface area contributed by atoms with Crippen LogP contribution >= 0.6 is 0 Å². The molecule has 1 N–H and O–H groups in total. The van der Waals surface area contributed by atoms with Crippen molar-refractivity contribution in [2.75, 3.05) is 11.8 Å². The zero-order valence-corrected chi connectivity index (χ0v) is 14.5. The normalized spacial score (nSPS) is 11.2. The van der Waals surface area contributed by atoms with Gasteiger partial charge in [0.05, 0.1) is 23.7 Å². The van der Waals surface area contributed by atoms with Crippen molar-refractivity contribution >= 4 is 21.7 Å². The fourth-order valence-corrected chi connectivity index (χ4v) is 3.03. The summed E-state index contributed by atoms with van der Waals surface area (Å²) < 4.78 is 37.3. The standard InChI is InChI=1S/C17H19NO5S/c1-12(2)23-15-8-10-16(11-9-15)24(20,21)18-14-6-4-13(5-7-14)17(19)22-3/h4-12,18H,1-3H3. The summed E-state index contributed by atoms with van der Waals surface area (Å²) in [5, 5.41) is 0. The fraction of sp³-hybridized carbons (Fsp3) is 0.235. The molecule has 0 unspecified atom stereocenters. The molecule has 0 amide bonds. The first kappa shape index (κ1) is 17.8. The van der Waals surface area contributed by atoms with Crippen LogP contribution in [-0.4, -0.2) is 27.6 Å². The lowest BCUT2D eigenvalue weighted by atomic mass is 10.2. The van der Waals surface area contributed by atoms with Crippen molar-refractivity contribution in [1.82, 2.24) is 0 Å². The molecule has 2 rings (SSSR count). The molecule has 2 aromatic carbocycles. The van der Waals surface area contributed by atoms with Crippen LogP contribution in [0.25, 0.3) is 0 Å². The molecule has 0 spiro atoms. The van der Waals surface area contributed by atoms with E-state index in [1.54, 1.807) is 12.1 Å². The Labute approximate surface area is 141 Å². The van der Waals surface area contributed by atoms with E-state index in [4.69, 9.17) is 4.74 Å². The van der Waals surface area contributed by atoms with Gasteiger partial charge in [-0.3, -0.25) is 4.72 Å². The second-order valence-corrected chi connectivity index (χ2v) is 6.99. The first-order valence-corrected chi connectivity index (χ1v) is 8.78. The molecule has 0 heterocycles. The van der Waals surface area contributed by atoms with Gasteiger partial charge in [-0.2, -0.15) is 0 Å². The van der Waals surface area contributed by atoms with Crippen molar-refractivity contribution in [2.45, 2.75) is 24.8 Å². The molecule has 0 saturated carbocycles. The van der Waals surface area contributed by atoms with Gasteiger partial charge in [0, 0.05) is 5.69 Å². The van der Waals surface area contributed by atoms with Gasteiger partial charge in [0.1, 0.15) is 5.75 Å². The molecular weight excluding hydrogens is 330 g/mol. The van der Waals surface area contributed by atoms with Crippen LogP contribution in [0.4, 0.5) is 5.69 Å². The maximum atomic E-state index is 12.4. The largest absolute Gasteiger partial charge is 0.491 e. The Balaban J connectivity index is 2.14. The minimum Gasteiger partial charge on any atom is -0.491 e. The number of anilines is 1. The molecule has 0 atom stereocenters. The highest BCUT2D eigenvalue weighted by Crippen LogP contribution is 2.20. The quantitative estimate of drug-likeness (QED) is 0.811. The molecule has 128 valence electrons. The monoisotopic (exact) mass is 349 g/mol. The molecule has 6 nitrogen and oxygen atoms in total. The number of ether oxygens (including phenoxy) is 2. The van der Waals surface area contributed by atoms with E-state index in [-0.39, 0.29) is 11.0 Å². The minimum atomic E-state index is -3.72. The van der Waals surface area contributed by atoms with E-state index in [1.807, 2.05) is 13.8 Å². The van der Waals surface area contributed by atoms with E-state index in [1.165, 1.54) is 43.5 Å². The highest BCUT2D eigenvalue weighted by atomic mass is 32.2. The molecule has 0 saturated heterocycles. The lowest BCUT2D eigenvalue weighted by molar-refractivity contribution is 0.0600. The second kappa shape index (κ2) is 7.35. The van der Waals surface area contributed by atoms with Gasteiger partial charge in [-0.05, 0) is 62.4 Å². The van der Waals surface area contributed by atoms with E-state index in [0.717, 1.165) is 0 Å². The minimum absolute atomic E-state index is 0.0129. The third-order valence-corrected chi connectivity index (χ3v) is 4.46. The summed E-state index contributed by atoms with van der Waals surface area (Å²) in [5.41, 5.74) is 0.695. The highest BCUT2D eigenvalue weighted by Gasteiger charge is 2.15. The van der Waals surface area contributed by atoms with Gasteiger partial charge in [0.15, 0.2) is 0 Å². The third-order valence-electron chi connectivity index (χ3n) is 3.06. The van der Waals surface area contributed by atoms with Crippen molar-refractivity contribution in [2.24, 2.45) is 0 Å². The predicted molar refractivity (Wildman–Crippen MR) is 90.8 cm³/mol. The van der Waals surface area contributed by atoms with Gasteiger partial charge in [0.25, 0.3) is 10.0 Å². The molecule has 0 bridgehead atoms. The summed E-state index contributed by atoms with van der Waals surface area (Å²) in [6.45, 7) is 3.79. The summed E-state index contributed by atoms with van der Waals surface area (Å²) in [4.78, 5) is 11.5. The van der Waals surface area contributed by atoms with Crippen LogP contribution in [0.3, 0.4) is 0 Å². The molecule has 0 fully saturated rings. The molecule has 2 aromatic rings. The number of rotatable bonds is 6. The Morgan fingerprint density at radius 3 is 2.08 bits per heavy atom. The molecule has 0 aliphatic carbocycles. The Kier molecular flexibility index (Phi) is 5.46. The number of hydrogen-bond donors (Lipinski definition) is 1. The molecular formula is C17H19NO5S. The number of carbonyl (C=O) groups is 1. The van der Waals surface area contributed by atoms with Crippen LogP contribution in [0.5, 0.6) is 5.75 Å². The Bertz CT molecular complexity index is 796. The van der Waals surface area contributed by atoms with Crippen molar-refractivity contribution in [3.8, 4) is 5.75 Å². The van der Waals surface area contributed by atoms with Crippen molar-refractivity contribution in [1.29, 1.82) is 0 Å². The summed E-state index contributed by atoms with van der Waals surface area (Å²) in [5.74, 6) is 0.122. The Morgan fingerprint density at radius 2 is 1.58 bits per heavy atom. The van der Waals surface area contributed by atoms with Gasteiger partial charge in [-0.25, -0.2) is 13.2 Å². The van der Waals surface area contributed by atoms with E-state index in [2.05, 4.69) is 9.46 Å². The molecule has 0 aliphatic rings. The fourth-order valence-electron chi connectivity index (χ4n) is 1.98.